The molecule has 0 aliphatic carbocycles. The van der Waals surface area contributed by atoms with Crippen LogP contribution in [0.15, 0.2) is 71.8 Å². The number of amides is 1. The highest BCUT2D eigenvalue weighted by Crippen LogP contribution is 2.23. The number of sulfonamides is 1. The van der Waals surface area contributed by atoms with E-state index in [1.54, 1.807) is 42.5 Å². The molecule has 9 heteroatoms. The highest BCUT2D eigenvalue weighted by molar-refractivity contribution is 7.88. The smallest absolute Gasteiger partial charge is 0.224 e. The van der Waals surface area contributed by atoms with E-state index in [0.29, 0.717) is 28.5 Å². The summed E-state index contributed by atoms with van der Waals surface area (Å²) >= 11 is 0. The average molecular weight is 444 g/mol. The lowest BCUT2D eigenvalue weighted by Crippen LogP contribution is -2.25. The van der Waals surface area contributed by atoms with Crippen LogP contribution in [0, 0.1) is 5.82 Å². The summed E-state index contributed by atoms with van der Waals surface area (Å²) in [6.07, 6.45) is 3.28. The molecule has 0 saturated heterocycles. The van der Waals surface area contributed by atoms with Crippen LogP contribution in [0.1, 0.15) is 17.9 Å². The molecule has 0 saturated carbocycles. The third kappa shape index (κ3) is 6.59. The van der Waals surface area contributed by atoms with Gasteiger partial charge in [0.25, 0.3) is 0 Å². The van der Waals surface area contributed by atoms with Crippen molar-refractivity contribution in [3.8, 4) is 11.3 Å². The summed E-state index contributed by atoms with van der Waals surface area (Å²) in [7, 11) is -3.44. The summed E-state index contributed by atoms with van der Waals surface area (Å²) in [6, 6.07) is 12.8. The van der Waals surface area contributed by atoms with Gasteiger partial charge in [-0.05, 0) is 29.8 Å². The van der Waals surface area contributed by atoms with Crippen LogP contribution in [0.5, 0.6) is 0 Å². The van der Waals surface area contributed by atoms with Crippen LogP contribution in [0.25, 0.3) is 11.3 Å². The maximum atomic E-state index is 13.8. The van der Waals surface area contributed by atoms with Crippen molar-refractivity contribution in [1.29, 1.82) is 0 Å². The van der Waals surface area contributed by atoms with Crippen LogP contribution in [0.2, 0.25) is 0 Å². The molecular formula is C22H22FN3O4S. The van der Waals surface area contributed by atoms with Crippen molar-refractivity contribution in [3.63, 3.8) is 0 Å². The number of aromatic nitrogens is 1. The molecule has 0 radical (unpaired) electrons. The highest BCUT2D eigenvalue weighted by Gasteiger charge is 2.13. The van der Waals surface area contributed by atoms with Crippen LogP contribution in [-0.2, 0) is 27.0 Å². The molecule has 3 rings (SSSR count). The first-order chi connectivity index (χ1) is 14.9. The number of carbonyl (C=O) groups excluding carboxylic acids is 1. The SMILES string of the molecule is C=CCNS(=O)(=O)Cc1ccc(NC(=O)CCc2ncc(-c3ccccc3F)o2)cc1. The van der Waals surface area contributed by atoms with Gasteiger partial charge in [-0.2, -0.15) is 0 Å². The summed E-state index contributed by atoms with van der Waals surface area (Å²) in [4.78, 5) is 16.3. The Morgan fingerprint density at radius 3 is 2.61 bits per heavy atom. The third-order valence-corrected chi connectivity index (χ3v) is 5.62. The van der Waals surface area contributed by atoms with E-state index in [2.05, 4.69) is 21.6 Å². The van der Waals surface area contributed by atoms with Gasteiger partial charge in [-0.3, -0.25) is 4.79 Å². The Morgan fingerprint density at radius 1 is 1.16 bits per heavy atom. The van der Waals surface area contributed by atoms with Gasteiger partial charge in [-0.1, -0.05) is 30.3 Å². The van der Waals surface area contributed by atoms with Gasteiger partial charge in [0, 0.05) is 25.1 Å². The molecule has 1 aromatic heterocycles. The zero-order chi connectivity index (χ0) is 22.3. The van der Waals surface area contributed by atoms with Crippen molar-refractivity contribution in [3.05, 3.63) is 84.7 Å². The number of carbonyl (C=O) groups is 1. The molecule has 1 heterocycles. The van der Waals surface area contributed by atoms with E-state index in [1.807, 2.05) is 0 Å². The fraction of sp³-hybridized carbons (Fsp3) is 0.182. The molecule has 1 amide bonds. The Labute approximate surface area is 180 Å². The molecule has 7 nitrogen and oxygen atoms in total. The van der Waals surface area contributed by atoms with E-state index in [9.17, 15) is 17.6 Å². The van der Waals surface area contributed by atoms with Crippen LogP contribution < -0.4 is 10.0 Å². The van der Waals surface area contributed by atoms with E-state index in [0.717, 1.165) is 0 Å². The Morgan fingerprint density at radius 2 is 1.90 bits per heavy atom. The van der Waals surface area contributed by atoms with Gasteiger partial charge in [0.1, 0.15) is 5.82 Å². The summed E-state index contributed by atoms with van der Waals surface area (Å²) in [5.74, 6) is -0.180. The summed E-state index contributed by atoms with van der Waals surface area (Å²) in [5.41, 5.74) is 1.45. The van der Waals surface area contributed by atoms with Gasteiger partial charge in [0.05, 0.1) is 17.5 Å². The van der Waals surface area contributed by atoms with Gasteiger partial charge in [-0.25, -0.2) is 22.5 Å². The molecule has 162 valence electrons. The fourth-order valence-electron chi connectivity index (χ4n) is 2.80. The van der Waals surface area contributed by atoms with Crippen LogP contribution in [0.4, 0.5) is 10.1 Å². The number of halogens is 1. The number of oxazole rings is 1. The van der Waals surface area contributed by atoms with E-state index >= 15 is 0 Å². The number of aryl methyl sites for hydroxylation is 1. The maximum absolute atomic E-state index is 13.8. The minimum absolute atomic E-state index is 0.124. The fourth-order valence-corrected chi connectivity index (χ4v) is 3.90. The molecule has 0 aliphatic rings. The van der Waals surface area contributed by atoms with E-state index in [4.69, 9.17) is 4.42 Å². The first-order valence-corrected chi connectivity index (χ1v) is 11.2. The maximum Gasteiger partial charge on any atom is 0.224 e. The normalized spacial score (nSPS) is 11.3. The molecule has 3 aromatic rings. The molecular weight excluding hydrogens is 421 g/mol. The molecule has 0 unspecified atom stereocenters. The van der Waals surface area contributed by atoms with Crippen molar-refractivity contribution in [2.45, 2.75) is 18.6 Å². The van der Waals surface area contributed by atoms with Gasteiger partial charge < -0.3 is 9.73 Å². The second kappa shape index (κ2) is 10.1. The van der Waals surface area contributed by atoms with Crippen LogP contribution in [-0.4, -0.2) is 25.9 Å². The lowest BCUT2D eigenvalue weighted by molar-refractivity contribution is -0.116. The molecule has 0 fully saturated rings. The van der Waals surface area contributed by atoms with Gasteiger partial charge >= 0.3 is 0 Å². The summed E-state index contributed by atoms with van der Waals surface area (Å²) in [5, 5.41) is 2.74. The van der Waals surface area contributed by atoms with E-state index in [1.165, 1.54) is 18.3 Å². The minimum atomic E-state index is -3.44. The summed E-state index contributed by atoms with van der Waals surface area (Å²) in [6.45, 7) is 3.64. The molecule has 2 N–H and O–H groups in total. The van der Waals surface area contributed by atoms with Crippen LogP contribution >= 0.6 is 0 Å². The van der Waals surface area contributed by atoms with Crippen molar-refractivity contribution in [2.24, 2.45) is 0 Å². The van der Waals surface area contributed by atoms with Crippen molar-refractivity contribution in [1.82, 2.24) is 9.71 Å². The van der Waals surface area contributed by atoms with Crippen LogP contribution in [0.3, 0.4) is 0 Å². The van der Waals surface area contributed by atoms with Gasteiger partial charge in [0.15, 0.2) is 11.7 Å². The lowest BCUT2D eigenvalue weighted by atomic mass is 10.2. The van der Waals surface area contributed by atoms with Crippen molar-refractivity contribution < 1.29 is 22.0 Å². The predicted molar refractivity (Wildman–Crippen MR) is 116 cm³/mol. The number of nitrogens with one attached hydrogen (secondary N) is 2. The average Bonchev–Trinajstić information content (AvgIpc) is 3.21. The Kier molecular flexibility index (Phi) is 7.32. The largest absolute Gasteiger partial charge is 0.441 e. The van der Waals surface area contributed by atoms with Gasteiger partial charge in [0.2, 0.25) is 15.9 Å². The number of rotatable bonds is 10. The number of nitrogens with zero attached hydrogens (tertiary/aromatic N) is 1. The number of anilines is 1. The minimum Gasteiger partial charge on any atom is -0.441 e. The Balaban J connectivity index is 1.51. The molecule has 0 spiro atoms. The monoisotopic (exact) mass is 443 g/mol. The number of hydrogen-bond acceptors (Lipinski definition) is 5. The first kappa shape index (κ1) is 22.4. The second-order valence-corrected chi connectivity index (χ2v) is 8.55. The molecule has 31 heavy (non-hydrogen) atoms. The van der Waals surface area contributed by atoms with Crippen molar-refractivity contribution in [2.75, 3.05) is 11.9 Å². The number of hydrogen-bond donors (Lipinski definition) is 2. The highest BCUT2D eigenvalue weighted by atomic mass is 32.2. The van der Waals surface area contributed by atoms with Gasteiger partial charge in [-0.15, -0.1) is 6.58 Å². The standard InChI is InChI=1S/C22H22FN3O4S/c1-2-13-25-31(28,29)15-16-7-9-17(10-8-16)26-21(27)11-12-22-24-14-20(30-22)18-5-3-4-6-19(18)23/h2-10,14,25H,1,11-13,15H2,(H,26,27). The Bertz CT molecular complexity index is 1160. The molecule has 0 bridgehead atoms. The zero-order valence-electron chi connectivity index (χ0n) is 16.7. The molecule has 0 atom stereocenters. The number of benzene rings is 2. The first-order valence-electron chi connectivity index (χ1n) is 9.53. The zero-order valence-corrected chi connectivity index (χ0v) is 17.5. The third-order valence-electron chi connectivity index (χ3n) is 4.30. The molecule has 0 aliphatic heterocycles. The lowest BCUT2D eigenvalue weighted by Gasteiger charge is -2.07. The van der Waals surface area contributed by atoms with Crippen molar-refractivity contribution >= 4 is 21.6 Å². The Hall–Kier alpha value is -3.30. The van der Waals surface area contributed by atoms with E-state index < -0.39 is 15.8 Å². The second-order valence-electron chi connectivity index (χ2n) is 6.74. The van der Waals surface area contributed by atoms with E-state index in [-0.39, 0.29) is 31.0 Å². The topological polar surface area (TPSA) is 101 Å². The molecule has 2 aromatic carbocycles. The predicted octanol–water partition coefficient (Wildman–Crippen LogP) is 3.66. The quantitative estimate of drug-likeness (QED) is 0.466. The summed E-state index contributed by atoms with van der Waals surface area (Å²) < 4.78 is 45.5.